The van der Waals surface area contributed by atoms with Gasteiger partial charge in [0.05, 0.1) is 17.7 Å². The number of H-pyrrole nitrogens is 1. The Bertz CT molecular complexity index is 730. The number of hydrogen-bond donors (Lipinski definition) is 2. The van der Waals surface area contributed by atoms with Crippen LogP contribution in [-0.2, 0) is 11.2 Å². The standard InChI is InChI=1S/C13H14N4O2S/c1-3-6-7(5-14)11(16)17-12-8(6)9(15)10(20-12)13(18)19-4-2/h3-4,15H2,1-2H3,(H2,16,17)/p+1. The van der Waals surface area contributed by atoms with E-state index in [1.165, 1.54) is 11.3 Å². The number of nitriles is 1. The van der Waals surface area contributed by atoms with Crippen molar-refractivity contribution >= 4 is 39.0 Å². The molecule has 0 spiro atoms. The van der Waals surface area contributed by atoms with Gasteiger partial charge in [-0.1, -0.05) is 18.3 Å². The van der Waals surface area contributed by atoms with Gasteiger partial charge in [0.2, 0.25) is 0 Å². The number of fused-ring (bicyclic) bond motifs is 1. The lowest BCUT2D eigenvalue weighted by molar-refractivity contribution is -0.323. The van der Waals surface area contributed by atoms with Gasteiger partial charge in [-0.3, -0.25) is 5.73 Å². The number of nitrogen functional groups attached to an aromatic ring is 2. The molecule has 0 aromatic carbocycles. The number of ether oxygens (including phenoxy) is 1. The van der Waals surface area contributed by atoms with Crippen LogP contribution < -0.4 is 16.5 Å². The summed E-state index contributed by atoms with van der Waals surface area (Å²) in [5.74, 6) is -0.174. The summed E-state index contributed by atoms with van der Waals surface area (Å²) in [6.07, 6.45) is 0.599. The Labute approximate surface area is 120 Å². The molecule has 0 saturated heterocycles. The van der Waals surface area contributed by atoms with E-state index in [1.54, 1.807) is 6.92 Å². The number of hydrogen-bond acceptors (Lipinski definition) is 6. The van der Waals surface area contributed by atoms with Crippen LogP contribution in [0.1, 0.15) is 34.6 Å². The summed E-state index contributed by atoms with van der Waals surface area (Å²) >= 11 is 1.19. The van der Waals surface area contributed by atoms with Gasteiger partial charge in [0.15, 0.2) is 4.83 Å². The molecule has 104 valence electrons. The number of nitrogens with zero attached hydrogens (tertiary/aromatic N) is 1. The zero-order chi connectivity index (χ0) is 14.9. The highest BCUT2D eigenvalue weighted by Gasteiger charge is 2.25. The molecule has 20 heavy (non-hydrogen) atoms. The first-order valence-corrected chi connectivity index (χ1v) is 6.99. The first-order chi connectivity index (χ1) is 9.54. The zero-order valence-electron chi connectivity index (χ0n) is 11.2. The second kappa shape index (κ2) is 5.35. The molecule has 0 atom stereocenters. The SMILES string of the molecule is CCOC(=O)c1sc2[nH+]c(N)c(C#N)c(CC)c2c1N. The van der Waals surface area contributed by atoms with Crippen molar-refractivity contribution in [3.8, 4) is 6.07 Å². The molecule has 5 N–H and O–H groups in total. The number of carbonyl (C=O) groups is 1. The Morgan fingerprint density at radius 2 is 2.15 bits per heavy atom. The molecule has 0 aliphatic carbocycles. The van der Waals surface area contributed by atoms with Crippen LogP contribution in [0.4, 0.5) is 11.5 Å². The van der Waals surface area contributed by atoms with Crippen LogP contribution in [-0.4, -0.2) is 12.6 Å². The first kappa shape index (κ1) is 14.1. The predicted octanol–water partition coefficient (Wildman–Crippen LogP) is 1.49. The van der Waals surface area contributed by atoms with Crippen LogP contribution in [0.2, 0.25) is 0 Å². The van der Waals surface area contributed by atoms with Gasteiger partial charge in [-0.25, -0.2) is 9.78 Å². The first-order valence-electron chi connectivity index (χ1n) is 6.17. The predicted molar refractivity (Wildman–Crippen MR) is 77.3 cm³/mol. The molecule has 0 aliphatic heterocycles. The van der Waals surface area contributed by atoms with Crippen molar-refractivity contribution in [1.29, 1.82) is 5.26 Å². The fourth-order valence-electron chi connectivity index (χ4n) is 2.13. The van der Waals surface area contributed by atoms with Crippen LogP contribution >= 0.6 is 11.3 Å². The highest BCUT2D eigenvalue weighted by Crippen LogP contribution is 2.36. The van der Waals surface area contributed by atoms with E-state index in [-0.39, 0.29) is 12.4 Å². The molecule has 0 unspecified atom stereocenters. The number of esters is 1. The highest BCUT2D eigenvalue weighted by atomic mass is 32.1. The van der Waals surface area contributed by atoms with Gasteiger partial charge in [-0.05, 0) is 18.9 Å². The Morgan fingerprint density at radius 1 is 1.45 bits per heavy atom. The Balaban J connectivity index is 2.79. The van der Waals surface area contributed by atoms with E-state index in [2.05, 4.69) is 11.1 Å². The van der Waals surface area contributed by atoms with Gasteiger partial charge in [0, 0.05) is 0 Å². The van der Waals surface area contributed by atoms with Crippen molar-refractivity contribution in [2.24, 2.45) is 0 Å². The van der Waals surface area contributed by atoms with E-state index >= 15 is 0 Å². The number of anilines is 2. The van der Waals surface area contributed by atoms with Crippen LogP contribution in [0.3, 0.4) is 0 Å². The molecular formula is C13H15N4O2S+. The van der Waals surface area contributed by atoms with Gasteiger partial charge >= 0.3 is 5.97 Å². The lowest BCUT2D eigenvalue weighted by Gasteiger charge is -2.03. The van der Waals surface area contributed by atoms with Crippen molar-refractivity contribution in [1.82, 2.24) is 0 Å². The Morgan fingerprint density at radius 3 is 2.70 bits per heavy atom. The molecule has 6 nitrogen and oxygen atoms in total. The number of aromatic amines is 1. The van der Waals surface area contributed by atoms with Gasteiger partial charge in [-0.15, -0.1) is 0 Å². The van der Waals surface area contributed by atoms with Crippen LogP contribution in [0.25, 0.3) is 10.2 Å². The minimum atomic E-state index is -0.460. The molecule has 2 rings (SSSR count). The van der Waals surface area contributed by atoms with Gasteiger partial charge < -0.3 is 10.5 Å². The summed E-state index contributed by atoms with van der Waals surface area (Å²) in [5.41, 5.74) is 13.4. The molecule has 0 saturated carbocycles. The van der Waals surface area contributed by atoms with E-state index < -0.39 is 5.97 Å². The third-order valence-electron chi connectivity index (χ3n) is 2.99. The fourth-order valence-corrected chi connectivity index (χ4v) is 3.19. The maximum atomic E-state index is 11.9. The summed E-state index contributed by atoms with van der Waals surface area (Å²) in [4.78, 5) is 15.8. The lowest BCUT2D eigenvalue weighted by atomic mass is 10.0. The third-order valence-corrected chi connectivity index (χ3v) is 4.09. The quantitative estimate of drug-likeness (QED) is 0.831. The lowest BCUT2D eigenvalue weighted by Crippen LogP contribution is -2.14. The number of rotatable bonds is 3. The summed E-state index contributed by atoms with van der Waals surface area (Å²) < 4.78 is 4.98. The topological polar surface area (TPSA) is 116 Å². The summed E-state index contributed by atoms with van der Waals surface area (Å²) in [5, 5.41) is 9.89. The van der Waals surface area contributed by atoms with Crippen molar-refractivity contribution in [3.63, 3.8) is 0 Å². The maximum absolute atomic E-state index is 11.9. The number of aromatic nitrogens is 1. The van der Waals surface area contributed by atoms with Crippen LogP contribution in [0, 0.1) is 11.3 Å². The van der Waals surface area contributed by atoms with E-state index in [1.807, 2.05) is 6.92 Å². The van der Waals surface area contributed by atoms with E-state index in [0.717, 1.165) is 5.56 Å². The summed E-state index contributed by atoms with van der Waals surface area (Å²) in [7, 11) is 0. The Hall–Kier alpha value is -2.33. The minimum absolute atomic E-state index is 0.280. The van der Waals surface area contributed by atoms with E-state index in [4.69, 9.17) is 16.2 Å². The second-order valence-electron chi connectivity index (χ2n) is 4.13. The Kier molecular flexibility index (Phi) is 3.77. The zero-order valence-corrected chi connectivity index (χ0v) is 12.1. The molecule has 0 radical (unpaired) electrons. The number of thiophene rings is 1. The second-order valence-corrected chi connectivity index (χ2v) is 5.15. The van der Waals surface area contributed by atoms with Gasteiger partial charge in [0.1, 0.15) is 16.5 Å². The average Bonchev–Trinajstić information content (AvgIpc) is 2.74. The highest BCUT2D eigenvalue weighted by molar-refractivity contribution is 7.20. The van der Waals surface area contributed by atoms with E-state index in [0.29, 0.717) is 32.8 Å². The number of nitrogens with one attached hydrogen (secondary N) is 1. The van der Waals surface area contributed by atoms with E-state index in [9.17, 15) is 10.1 Å². The molecule has 2 aromatic heterocycles. The maximum Gasteiger partial charge on any atom is 0.350 e. The van der Waals surface area contributed by atoms with Crippen LogP contribution in [0.15, 0.2) is 0 Å². The van der Waals surface area contributed by atoms with Crippen molar-refractivity contribution in [3.05, 3.63) is 16.0 Å². The number of pyridine rings is 1. The smallest absolute Gasteiger partial charge is 0.350 e. The number of nitrogens with two attached hydrogens (primary N) is 2. The molecule has 0 aliphatic rings. The molecule has 2 heterocycles. The summed E-state index contributed by atoms with van der Waals surface area (Å²) in [6.45, 7) is 3.93. The number of aryl methyl sites for hydroxylation is 1. The van der Waals surface area contributed by atoms with Gasteiger partial charge in [0.25, 0.3) is 5.82 Å². The molecule has 0 fully saturated rings. The molecule has 7 heteroatoms. The fraction of sp³-hybridized carbons (Fsp3) is 0.308. The van der Waals surface area contributed by atoms with Crippen molar-refractivity contribution in [2.45, 2.75) is 20.3 Å². The molecule has 0 bridgehead atoms. The molecule has 0 amide bonds. The average molecular weight is 291 g/mol. The normalized spacial score (nSPS) is 10.4. The number of carbonyl (C=O) groups excluding carboxylic acids is 1. The van der Waals surface area contributed by atoms with Crippen molar-refractivity contribution < 1.29 is 14.5 Å². The van der Waals surface area contributed by atoms with Crippen molar-refractivity contribution in [2.75, 3.05) is 18.1 Å². The molecule has 2 aromatic rings. The summed E-state index contributed by atoms with van der Waals surface area (Å²) in [6, 6.07) is 2.07. The third kappa shape index (κ3) is 2.04. The monoisotopic (exact) mass is 291 g/mol. The minimum Gasteiger partial charge on any atom is -0.462 e. The molecular weight excluding hydrogens is 276 g/mol. The van der Waals surface area contributed by atoms with Crippen LogP contribution in [0.5, 0.6) is 0 Å². The largest absolute Gasteiger partial charge is 0.462 e. The van der Waals surface area contributed by atoms with Gasteiger partial charge in [-0.2, -0.15) is 5.26 Å².